The minimum absolute atomic E-state index is 0.0347. The van der Waals surface area contributed by atoms with E-state index in [1.165, 1.54) is 80.5 Å². The van der Waals surface area contributed by atoms with Crippen LogP contribution in [0.25, 0.3) is 100 Å². The lowest BCUT2D eigenvalue weighted by Gasteiger charge is -2.10. The molecule has 0 saturated heterocycles. The first-order valence-electron chi connectivity index (χ1n) is 38.5. The van der Waals surface area contributed by atoms with Gasteiger partial charge in [-0.1, -0.05) is 359 Å². The van der Waals surface area contributed by atoms with Gasteiger partial charge in [-0.2, -0.15) is 0 Å². The Morgan fingerprint density at radius 1 is 0.413 bits per heavy atom. The molecule has 0 bridgehead atoms. The highest BCUT2D eigenvalue weighted by atomic mass is 127. The topological polar surface area (TPSA) is 329 Å². The summed E-state index contributed by atoms with van der Waals surface area (Å²) in [5, 5.41) is 65.3. The number of carbonyl (C=O) groups is 2. The van der Waals surface area contributed by atoms with E-state index in [0.717, 1.165) is 95.4 Å². The number of hydrogen-bond donors (Lipinski definition) is 10. The lowest BCUT2D eigenvalue weighted by Crippen LogP contribution is -2.29. The smallest absolute Gasteiger partial charge is 0.481 e. The molecule has 0 aliphatic carbocycles. The van der Waals surface area contributed by atoms with E-state index in [-0.39, 0.29) is 39.2 Å². The Kier molecular flexibility index (Phi) is 34.3. The first-order valence-corrected chi connectivity index (χ1v) is 44.1. The van der Waals surface area contributed by atoms with Crippen LogP contribution in [0.4, 0.5) is 45.5 Å². The predicted octanol–water partition coefficient (Wildman–Crippen LogP) is 25.7. The Balaban J connectivity index is 0.000000147. The number of anilines is 6. The molecule has 18 nitrogen and oxygen atoms in total. The fourth-order valence-electron chi connectivity index (χ4n) is 13.2. The molecule has 1 unspecified atom stereocenters. The van der Waals surface area contributed by atoms with Crippen molar-refractivity contribution in [2.75, 3.05) is 44.7 Å². The molecule has 0 radical (unpaired) electrons. The minimum Gasteiger partial charge on any atom is -0.481 e. The van der Waals surface area contributed by atoms with Crippen LogP contribution < -0.4 is 39.0 Å². The average Bonchev–Trinajstić information content (AvgIpc) is 1.76. The number of carboxylic acid groups (broad SMARTS) is 2. The van der Waals surface area contributed by atoms with Crippen molar-refractivity contribution in [3.05, 3.63) is 394 Å². The van der Waals surface area contributed by atoms with Crippen molar-refractivity contribution in [1.82, 2.24) is 0 Å². The fraction of sp³-hybridized carbons (Fsp3) is 0.0510. The van der Waals surface area contributed by atoms with Crippen molar-refractivity contribution < 1.29 is 39.7 Å². The maximum absolute atomic E-state index is 11.0. The van der Waals surface area contributed by atoms with Gasteiger partial charge in [-0.05, 0) is 166 Å². The van der Waals surface area contributed by atoms with Gasteiger partial charge in [0.05, 0.1) is 62.4 Å². The molecule has 1 atom stereocenters. The summed E-state index contributed by atoms with van der Waals surface area (Å²) in [6.45, 7) is 0. The minimum atomic E-state index is -1.39. The third-order valence-corrected chi connectivity index (χ3v) is 24.1. The lowest BCUT2D eigenvalue weighted by molar-refractivity contribution is -0.384. The molecular weight excluding hydrogens is 1910 g/mol. The molecule has 14 N–H and O–H groups in total. The zero-order valence-electron chi connectivity index (χ0n) is 66.6. The van der Waals surface area contributed by atoms with E-state index < -0.39 is 28.9 Å². The van der Waals surface area contributed by atoms with Crippen molar-refractivity contribution in [3.8, 4) is 100 Å². The van der Waals surface area contributed by atoms with Crippen LogP contribution in [0.1, 0.15) is 11.1 Å². The molecule has 0 amide bonds. The van der Waals surface area contributed by atoms with Crippen LogP contribution in [0.2, 0.25) is 25.1 Å². The van der Waals surface area contributed by atoms with Crippen molar-refractivity contribution in [2.24, 2.45) is 0 Å². The van der Waals surface area contributed by atoms with Gasteiger partial charge in [0, 0.05) is 62.2 Å². The van der Waals surface area contributed by atoms with Crippen LogP contribution in [0, 0.1) is 23.8 Å². The standard InChI is InChI=1S/C22H18ClNO2S.C20H14ClNS.C18H13ClN2O2.C18H15ClN2.C12H11BO2.C6H4ClIN2O2.C2H3BrO2/c23-19-12-20-17(11-21(24-20)27-13-22(25)26)10-18(19)16-8-6-15(7-9-16)14-4-2-1-3-5-14;21-18-12-19-16(11-20(23)22-19)10-17(18)15-8-6-14(7-9-15)13-4-2-1-3-5-13;19-16-11-17(20)18(21(22)23)10-15(16)14-8-6-13(7-9-14)12-4-2-1-3-5-12;19-16-11-18(21)17(20)10-15(16)14-8-6-13(7-9-14)12-4-2-1-3-5-12;14-13(15)12-8-6-11(7-9-12)10-4-2-1-3-5-10;7-3-1-5(9)6(10(11)12)2-4(3)8;3-1-2(4)5/h1-10,12,21,24H,11,13H2,(H,25,26);1-10,12H,11H2,(H,22,23);1-11H,20H2;1-11H,20-21H2;1-9,14-15H;1-2H,9H2;1H2,(H,4,5). The molecular formula is C98H78BBrCl5IN8O10S2. The molecule has 634 valence electrons. The summed E-state index contributed by atoms with van der Waals surface area (Å²) in [6, 6.07) is 108. The highest BCUT2D eigenvalue weighted by molar-refractivity contribution is 14.1. The zero-order chi connectivity index (χ0) is 90.1. The van der Waals surface area contributed by atoms with Crippen LogP contribution in [-0.2, 0) is 22.4 Å². The summed E-state index contributed by atoms with van der Waals surface area (Å²) in [6.07, 6.45) is 1.58. The van der Waals surface area contributed by atoms with E-state index in [1.807, 2.05) is 192 Å². The van der Waals surface area contributed by atoms with E-state index in [9.17, 15) is 29.8 Å². The summed E-state index contributed by atoms with van der Waals surface area (Å²) in [5.74, 6) is -1.53. The number of nitro groups is 2. The van der Waals surface area contributed by atoms with Gasteiger partial charge in [0.25, 0.3) is 11.4 Å². The van der Waals surface area contributed by atoms with Crippen LogP contribution in [0.3, 0.4) is 0 Å². The number of thiocarbonyl (C=S) groups is 1. The van der Waals surface area contributed by atoms with Crippen LogP contribution in [-0.4, -0.2) is 70.6 Å². The first-order chi connectivity index (χ1) is 60.6. The number of aliphatic carboxylic acids is 2. The van der Waals surface area contributed by atoms with E-state index in [1.54, 1.807) is 18.2 Å². The Bertz CT molecular complexity index is 6330. The molecule has 0 spiro atoms. The molecule has 126 heavy (non-hydrogen) atoms. The number of thioether (sulfide) groups is 1. The third-order valence-electron chi connectivity index (χ3n) is 19.5. The number of carboxylic acids is 2. The van der Waals surface area contributed by atoms with Gasteiger partial charge < -0.3 is 53.8 Å². The predicted molar refractivity (Wildman–Crippen MR) is 539 cm³/mol. The van der Waals surface area contributed by atoms with Gasteiger partial charge in [0.1, 0.15) is 16.7 Å². The molecule has 15 aromatic rings. The third kappa shape index (κ3) is 26.3. The highest BCUT2D eigenvalue weighted by Gasteiger charge is 2.25. The number of nitrogens with one attached hydrogen (secondary N) is 2. The molecule has 2 heterocycles. The first kappa shape index (κ1) is 94.6. The Morgan fingerprint density at radius 3 is 1.06 bits per heavy atom. The van der Waals surface area contributed by atoms with Gasteiger partial charge in [-0.25, -0.2) is 0 Å². The second-order valence-electron chi connectivity index (χ2n) is 28.1. The van der Waals surface area contributed by atoms with Crippen LogP contribution in [0.15, 0.2) is 334 Å². The normalized spacial score (nSPS) is 11.7. The van der Waals surface area contributed by atoms with Crippen molar-refractivity contribution in [2.45, 2.75) is 18.2 Å². The molecule has 0 aromatic heterocycles. The number of hydrogen-bond acceptors (Lipinski definition) is 15. The molecule has 28 heteroatoms. The molecule has 17 rings (SSSR count). The van der Waals surface area contributed by atoms with Crippen molar-refractivity contribution in [3.63, 3.8) is 0 Å². The Labute approximate surface area is 784 Å². The Hall–Kier alpha value is -12.1. The van der Waals surface area contributed by atoms with Crippen molar-refractivity contribution in [1.29, 1.82) is 0 Å². The SMILES string of the molecule is Nc1cc(Cl)c(-c2ccc(-c3ccccc3)cc2)cc1N.Nc1cc(Cl)c(-c2ccc(-c3ccccc3)cc2)cc1[N+](=O)[O-].Nc1cc(Cl)c(I)cc1[N+](=O)[O-].O=C(O)CBr.O=C(O)CSC1Cc2cc(-c3ccc(-c4ccccc4)cc3)c(Cl)cc2N1.OB(O)c1ccc(-c2ccccc2)cc1.S=C1Cc2cc(-c3ccc(-c4ccccc4)cc3)c(Cl)cc2N1. The molecule has 2 aliphatic rings. The number of fused-ring (bicyclic) bond motifs is 2. The summed E-state index contributed by atoms with van der Waals surface area (Å²) in [7, 11) is -1.39. The maximum Gasteiger partial charge on any atom is 0.488 e. The van der Waals surface area contributed by atoms with Gasteiger partial charge >= 0.3 is 19.1 Å². The zero-order valence-corrected chi connectivity index (χ0v) is 75.8. The van der Waals surface area contributed by atoms with Gasteiger partial charge in [-0.15, -0.1) is 11.8 Å². The average molecular weight is 1990 g/mol. The number of nitrogens with two attached hydrogens (primary N) is 4. The molecule has 0 saturated carbocycles. The van der Waals surface area contributed by atoms with Gasteiger partial charge in [-0.3, -0.25) is 29.8 Å². The number of halogens is 7. The number of nitro benzene ring substituents is 2. The van der Waals surface area contributed by atoms with E-state index in [4.69, 9.17) is 113 Å². The maximum atomic E-state index is 11.0. The number of benzene rings is 15. The lowest BCUT2D eigenvalue weighted by atomic mass is 9.80. The Morgan fingerprint density at radius 2 is 0.706 bits per heavy atom. The highest BCUT2D eigenvalue weighted by Crippen LogP contribution is 2.43. The summed E-state index contributed by atoms with van der Waals surface area (Å²) >= 11 is 42.4. The number of rotatable bonds is 16. The summed E-state index contributed by atoms with van der Waals surface area (Å²) in [5.41, 5.74) is 47.5. The number of nitrogen functional groups attached to an aromatic ring is 4. The number of nitrogens with zero attached hydrogens (tertiary/aromatic N) is 2. The summed E-state index contributed by atoms with van der Waals surface area (Å²) < 4.78 is 0.621. The fourth-order valence-corrected chi connectivity index (χ4v) is 16.0. The number of alkyl halides is 1. The van der Waals surface area contributed by atoms with E-state index >= 15 is 0 Å². The second kappa shape index (κ2) is 45.7. The summed E-state index contributed by atoms with van der Waals surface area (Å²) in [4.78, 5) is 41.3. The van der Waals surface area contributed by atoms with Gasteiger partial charge in [0.15, 0.2) is 0 Å². The van der Waals surface area contributed by atoms with Crippen molar-refractivity contribution >= 4 is 196 Å². The quantitative estimate of drug-likeness (QED) is 0.00817. The monoisotopic (exact) mass is 1980 g/mol. The largest absolute Gasteiger partial charge is 0.488 e. The van der Waals surface area contributed by atoms with E-state index in [0.29, 0.717) is 46.1 Å². The second-order valence-corrected chi connectivity index (χ2v) is 33.5. The van der Waals surface area contributed by atoms with E-state index in [2.05, 4.69) is 148 Å². The molecule has 15 aromatic carbocycles. The molecule has 2 aliphatic heterocycles. The van der Waals surface area contributed by atoms with Crippen LogP contribution >= 0.6 is 121 Å². The van der Waals surface area contributed by atoms with Gasteiger partial charge in [0.2, 0.25) is 0 Å². The molecule has 0 fully saturated rings. The van der Waals surface area contributed by atoms with Crippen LogP contribution in [0.5, 0.6) is 0 Å².